The van der Waals surface area contributed by atoms with Crippen LogP contribution in [0, 0.1) is 5.92 Å². The zero-order valence-electron chi connectivity index (χ0n) is 10.7. The van der Waals surface area contributed by atoms with Crippen LogP contribution in [0.2, 0.25) is 0 Å². The van der Waals surface area contributed by atoms with E-state index in [1.165, 1.54) is 11.5 Å². The van der Waals surface area contributed by atoms with Crippen LogP contribution in [0.4, 0.5) is 0 Å². The van der Waals surface area contributed by atoms with Crippen LogP contribution in [0.5, 0.6) is 0 Å². The number of aromatic nitrogens is 2. The number of hydrogen-bond acceptors (Lipinski definition) is 5. The van der Waals surface area contributed by atoms with E-state index >= 15 is 0 Å². The Bertz CT molecular complexity index is 459. The molecule has 2 atom stereocenters. The molecule has 1 aromatic heterocycles. The van der Waals surface area contributed by atoms with Crippen molar-refractivity contribution in [2.24, 2.45) is 5.92 Å². The first-order valence-corrected chi connectivity index (χ1v) is 7.29. The van der Waals surface area contributed by atoms with Crippen LogP contribution in [0.3, 0.4) is 0 Å². The Labute approximate surface area is 111 Å². The van der Waals surface area contributed by atoms with E-state index < -0.39 is 0 Å². The molecule has 0 unspecified atom stereocenters. The number of carbonyl (C=O) groups excluding carboxylic acids is 1. The van der Waals surface area contributed by atoms with E-state index in [-0.39, 0.29) is 11.8 Å². The highest BCUT2D eigenvalue weighted by molar-refractivity contribution is 7.08. The summed E-state index contributed by atoms with van der Waals surface area (Å²) in [6.07, 6.45) is 1.12. The van der Waals surface area contributed by atoms with Crippen molar-refractivity contribution < 1.29 is 4.79 Å². The minimum Gasteiger partial charge on any atom is -0.333 e. The molecule has 0 spiro atoms. The predicted octanol–water partition coefficient (Wildman–Crippen LogP) is 1.10. The van der Waals surface area contributed by atoms with E-state index in [0.717, 1.165) is 36.6 Å². The van der Waals surface area contributed by atoms with Crippen LogP contribution in [0.1, 0.15) is 41.6 Å². The van der Waals surface area contributed by atoms with Crippen molar-refractivity contribution >= 4 is 17.4 Å². The number of hydrogen-bond donors (Lipinski definition) is 1. The van der Waals surface area contributed by atoms with E-state index in [1.807, 2.05) is 4.90 Å². The van der Waals surface area contributed by atoms with Gasteiger partial charge in [-0.2, -0.15) is 0 Å². The van der Waals surface area contributed by atoms with Crippen LogP contribution in [-0.2, 0) is 0 Å². The largest absolute Gasteiger partial charge is 0.333 e. The van der Waals surface area contributed by atoms with Gasteiger partial charge in [0.25, 0.3) is 5.91 Å². The zero-order valence-corrected chi connectivity index (χ0v) is 11.5. The topological polar surface area (TPSA) is 58.1 Å². The Hall–Kier alpha value is -1.01. The van der Waals surface area contributed by atoms with Gasteiger partial charge in [-0.05, 0) is 29.8 Å². The molecule has 3 heterocycles. The molecule has 1 N–H and O–H groups in total. The summed E-state index contributed by atoms with van der Waals surface area (Å²) in [5.41, 5.74) is 0.847. The maximum atomic E-state index is 12.6. The standard InChI is InChI=1S/C12H18N4OS/c1-7(2)10-11(18-15-14-10)12(17)16-4-3-8-5-13-6-9(8)16/h7-9,13H,3-6H2,1-2H3/t8-,9+/m0/s1. The molecule has 0 radical (unpaired) electrons. The molecule has 0 saturated carbocycles. The summed E-state index contributed by atoms with van der Waals surface area (Å²) < 4.78 is 3.95. The van der Waals surface area contributed by atoms with Gasteiger partial charge in [-0.25, -0.2) is 0 Å². The number of amides is 1. The van der Waals surface area contributed by atoms with Gasteiger partial charge in [0.15, 0.2) is 0 Å². The quantitative estimate of drug-likeness (QED) is 0.870. The molecule has 1 amide bonds. The number of fused-ring (bicyclic) bond motifs is 1. The molecular weight excluding hydrogens is 248 g/mol. The fourth-order valence-corrected chi connectivity index (χ4v) is 3.73. The molecule has 98 valence electrons. The van der Waals surface area contributed by atoms with Crippen molar-refractivity contribution in [2.75, 3.05) is 19.6 Å². The lowest BCUT2D eigenvalue weighted by molar-refractivity contribution is 0.0740. The molecule has 6 heteroatoms. The molecular formula is C12H18N4OS. The van der Waals surface area contributed by atoms with Crippen molar-refractivity contribution in [1.82, 2.24) is 19.8 Å². The Morgan fingerprint density at radius 3 is 3.11 bits per heavy atom. The van der Waals surface area contributed by atoms with Crippen molar-refractivity contribution in [1.29, 1.82) is 0 Å². The Morgan fingerprint density at radius 1 is 1.50 bits per heavy atom. The first-order chi connectivity index (χ1) is 8.68. The fraction of sp³-hybridized carbons (Fsp3) is 0.750. The first kappa shape index (κ1) is 12.0. The number of nitrogens with one attached hydrogen (secondary N) is 1. The second-order valence-electron chi connectivity index (χ2n) is 5.41. The van der Waals surface area contributed by atoms with Gasteiger partial charge >= 0.3 is 0 Å². The third-order valence-electron chi connectivity index (χ3n) is 3.96. The third-order valence-corrected chi connectivity index (χ3v) is 4.69. The minimum atomic E-state index is 0.130. The fourth-order valence-electron chi connectivity index (χ4n) is 2.96. The molecule has 2 fully saturated rings. The summed E-state index contributed by atoms with van der Waals surface area (Å²) in [4.78, 5) is 15.4. The van der Waals surface area contributed by atoms with Crippen molar-refractivity contribution in [3.05, 3.63) is 10.6 Å². The van der Waals surface area contributed by atoms with Crippen molar-refractivity contribution in [2.45, 2.75) is 32.2 Å². The van der Waals surface area contributed by atoms with Crippen molar-refractivity contribution in [3.8, 4) is 0 Å². The molecule has 3 rings (SSSR count). The second kappa shape index (κ2) is 4.59. The predicted molar refractivity (Wildman–Crippen MR) is 69.8 cm³/mol. The summed E-state index contributed by atoms with van der Waals surface area (Å²) in [5.74, 6) is 1.02. The average molecular weight is 266 g/mol. The summed E-state index contributed by atoms with van der Waals surface area (Å²) >= 11 is 1.23. The summed E-state index contributed by atoms with van der Waals surface area (Å²) in [6.45, 7) is 6.96. The lowest BCUT2D eigenvalue weighted by atomic mass is 10.0. The lowest BCUT2D eigenvalue weighted by Gasteiger charge is -2.23. The van der Waals surface area contributed by atoms with E-state index in [9.17, 15) is 4.79 Å². The highest BCUT2D eigenvalue weighted by atomic mass is 32.1. The smallest absolute Gasteiger partial charge is 0.267 e. The van der Waals surface area contributed by atoms with Gasteiger partial charge in [-0.15, -0.1) is 5.10 Å². The summed E-state index contributed by atoms with van der Waals surface area (Å²) in [6, 6.07) is 0.375. The molecule has 2 aliphatic heterocycles. The third kappa shape index (κ3) is 1.83. The van der Waals surface area contributed by atoms with E-state index in [2.05, 4.69) is 28.8 Å². The number of carbonyl (C=O) groups is 1. The lowest BCUT2D eigenvalue weighted by Crippen LogP contribution is -2.39. The molecule has 0 aromatic carbocycles. The molecule has 0 bridgehead atoms. The maximum Gasteiger partial charge on any atom is 0.267 e. The van der Waals surface area contributed by atoms with E-state index in [4.69, 9.17) is 0 Å². The van der Waals surface area contributed by atoms with Gasteiger partial charge in [0.2, 0.25) is 0 Å². The molecule has 18 heavy (non-hydrogen) atoms. The van der Waals surface area contributed by atoms with Gasteiger partial charge in [0.1, 0.15) is 4.88 Å². The highest BCUT2D eigenvalue weighted by Crippen LogP contribution is 2.30. The Morgan fingerprint density at radius 2 is 2.33 bits per heavy atom. The van der Waals surface area contributed by atoms with Crippen LogP contribution in [0.15, 0.2) is 0 Å². The summed E-state index contributed by atoms with van der Waals surface area (Å²) in [5, 5.41) is 7.47. The van der Waals surface area contributed by atoms with Crippen LogP contribution < -0.4 is 5.32 Å². The normalized spacial score (nSPS) is 26.9. The summed E-state index contributed by atoms with van der Waals surface area (Å²) in [7, 11) is 0. The van der Waals surface area contributed by atoms with Gasteiger partial charge in [0, 0.05) is 25.7 Å². The molecule has 5 nitrogen and oxygen atoms in total. The maximum absolute atomic E-state index is 12.6. The van der Waals surface area contributed by atoms with Crippen LogP contribution in [0.25, 0.3) is 0 Å². The molecule has 2 aliphatic rings. The monoisotopic (exact) mass is 266 g/mol. The van der Waals surface area contributed by atoms with E-state index in [1.54, 1.807) is 0 Å². The number of nitrogens with zero attached hydrogens (tertiary/aromatic N) is 3. The molecule has 1 aromatic rings. The Balaban J connectivity index is 1.84. The highest BCUT2D eigenvalue weighted by Gasteiger charge is 2.41. The zero-order chi connectivity index (χ0) is 12.7. The average Bonchev–Trinajstić information content (AvgIpc) is 3.03. The van der Waals surface area contributed by atoms with Crippen LogP contribution in [-0.4, -0.2) is 46.1 Å². The second-order valence-corrected chi connectivity index (χ2v) is 6.17. The molecule has 0 aliphatic carbocycles. The van der Waals surface area contributed by atoms with Crippen LogP contribution >= 0.6 is 11.5 Å². The molecule has 2 saturated heterocycles. The number of rotatable bonds is 2. The van der Waals surface area contributed by atoms with Gasteiger partial charge in [0.05, 0.1) is 5.69 Å². The van der Waals surface area contributed by atoms with Gasteiger partial charge in [-0.3, -0.25) is 4.79 Å². The van der Waals surface area contributed by atoms with Crippen molar-refractivity contribution in [3.63, 3.8) is 0 Å². The van der Waals surface area contributed by atoms with Gasteiger partial charge < -0.3 is 10.2 Å². The first-order valence-electron chi connectivity index (χ1n) is 6.52. The minimum absolute atomic E-state index is 0.130. The Kier molecular flexibility index (Phi) is 3.07. The van der Waals surface area contributed by atoms with Gasteiger partial charge in [-0.1, -0.05) is 18.3 Å². The van der Waals surface area contributed by atoms with E-state index in [0.29, 0.717) is 12.0 Å². The number of likely N-dealkylation sites (tertiary alicyclic amines) is 1. The SMILES string of the molecule is CC(C)c1nnsc1C(=O)N1CC[C@H]2CNC[C@H]21.